The standard InChI is InChI=1S/C14H21F2N/c1-10(2)14(15,16)13-6-4-12(5-7-13)8-11(3)9-17/h4-7,10-11H,8-9,17H2,1-3H3. The molecule has 2 N–H and O–H groups in total. The number of alkyl halides is 2. The second-order valence-corrected chi connectivity index (χ2v) is 5.02. The molecule has 0 bridgehead atoms. The van der Waals surface area contributed by atoms with Crippen LogP contribution in [-0.2, 0) is 12.3 Å². The minimum absolute atomic E-state index is 0.0941. The van der Waals surface area contributed by atoms with Crippen LogP contribution in [0.2, 0.25) is 0 Å². The van der Waals surface area contributed by atoms with Gasteiger partial charge < -0.3 is 5.73 Å². The lowest BCUT2D eigenvalue weighted by Crippen LogP contribution is -2.21. The molecule has 1 unspecified atom stereocenters. The molecule has 17 heavy (non-hydrogen) atoms. The summed E-state index contributed by atoms with van der Waals surface area (Å²) in [5, 5.41) is 0. The summed E-state index contributed by atoms with van der Waals surface area (Å²) >= 11 is 0. The third-order valence-corrected chi connectivity index (χ3v) is 3.05. The van der Waals surface area contributed by atoms with Crippen LogP contribution < -0.4 is 5.73 Å². The fourth-order valence-corrected chi connectivity index (χ4v) is 1.68. The molecule has 0 aliphatic heterocycles. The van der Waals surface area contributed by atoms with Crippen molar-refractivity contribution in [3.8, 4) is 0 Å². The zero-order chi connectivity index (χ0) is 13.1. The van der Waals surface area contributed by atoms with E-state index in [0.717, 1.165) is 12.0 Å². The summed E-state index contributed by atoms with van der Waals surface area (Å²) < 4.78 is 27.4. The first-order valence-electron chi connectivity index (χ1n) is 6.05. The minimum Gasteiger partial charge on any atom is -0.330 e. The number of rotatable bonds is 5. The van der Waals surface area contributed by atoms with E-state index in [-0.39, 0.29) is 5.56 Å². The lowest BCUT2D eigenvalue weighted by Gasteiger charge is -2.21. The quantitative estimate of drug-likeness (QED) is 0.838. The van der Waals surface area contributed by atoms with Crippen molar-refractivity contribution in [3.05, 3.63) is 35.4 Å². The highest BCUT2D eigenvalue weighted by atomic mass is 19.3. The molecule has 0 aliphatic carbocycles. The van der Waals surface area contributed by atoms with Crippen molar-refractivity contribution in [2.45, 2.75) is 33.1 Å². The van der Waals surface area contributed by atoms with Crippen molar-refractivity contribution < 1.29 is 8.78 Å². The van der Waals surface area contributed by atoms with Crippen molar-refractivity contribution in [1.29, 1.82) is 0 Å². The van der Waals surface area contributed by atoms with Crippen LogP contribution in [0, 0.1) is 11.8 Å². The topological polar surface area (TPSA) is 26.0 Å². The molecule has 1 rings (SSSR count). The Morgan fingerprint density at radius 3 is 2.06 bits per heavy atom. The highest BCUT2D eigenvalue weighted by molar-refractivity contribution is 5.26. The van der Waals surface area contributed by atoms with E-state index in [9.17, 15) is 8.78 Å². The highest BCUT2D eigenvalue weighted by Crippen LogP contribution is 2.35. The van der Waals surface area contributed by atoms with E-state index < -0.39 is 11.8 Å². The molecule has 0 aromatic heterocycles. The smallest absolute Gasteiger partial charge is 0.275 e. The van der Waals surface area contributed by atoms with Gasteiger partial charge in [-0.15, -0.1) is 0 Å². The van der Waals surface area contributed by atoms with Crippen LogP contribution in [0.5, 0.6) is 0 Å². The molecule has 0 amide bonds. The van der Waals surface area contributed by atoms with Gasteiger partial charge in [0, 0.05) is 11.5 Å². The van der Waals surface area contributed by atoms with Crippen molar-refractivity contribution in [1.82, 2.24) is 0 Å². The minimum atomic E-state index is -2.75. The molecule has 1 nitrogen and oxygen atoms in total. The first kappa shape index (κ1) is 14.1. The normalized spacial score (nSPS) is 14.1. The number of hydrogen-bond donors (Lipinski definition) is 1. The van der Waals surface area contributed by atoms with Gasteiger partial charge in [0.25, 0.3) is 5.92 Å². The summed E-state index contributed by atoms with van der Waals surface area (Å²) in [5.74, 6) is -3.05. The zero-order valence-corrected chi connectivity index (χ0v) is 10.7. The molecule has 0 radical (unpaired) electrons. The van der Waals surface area contributed by atoms with Crippen LogP contribution in [-0.4, -0.2) is 6.54 Å². The van der Waals surface area contributed by atoms with Gasteiger partial charge >= 0.3 is 0 Å². The van der Waals surface area contributed by atoms with Crippen molar-refractivity contribution in [2.75, 3.05) is 6.54 Å². The molecule has 1 aromatic carbocycles. The van der Waals surface area contributed by atoms with Crippen LogP contribution in [0.3, 0.4) is 0 Å². The zero-order valence-electron chi connectivity index (χ0n) is 10.7. The average Bonchev–Trinajstić information content (AvgIpc) is 2.29. The van der Waals surface area contributed by atoms with Crippen molar-refractivity contribution in [3.63, 3.8) is 0 Å². The Kier molecular flexibility index (Phi) is 4.63. The van der Waals surface area contributed by atoms with Crippen LogP contribution in [0.4, 0.5) is 8.78 Å². The van der Waals surface area contributed by atoms with Gasteiger partial charge in [0.05, 0.1) is 0 Å². The van der Waals surface area contributed by atoms with Gasteiger partial charge in [0.15, 0.2) is 0 Å². The third-order valence-electron chi connectivity index (χ3n) is 3.05. The van der Waals surface area contributed by atoms with Crippen molar-refractivity contribution in [2.24, 2.45) is 17.6 Å². The Bertz CT molecular complexity index is 344. The fraction of sp³-hybridized carbons (Fsp3) is 0.571. The molecule has 3 heteroatoms. The van der Waals surface area contributed by atoms with Gasteiger partial charge in [-0.25, -0.2) is 8.78 Å². The molecular formula is C14H21F2N. The molecule has 0 saturated heterocycles. The van der Waals surface area contributed by atoms with Crippen LogP contribution in [0.15, 0.2) is 24.3 Å². The van der Waals surface area contributed by atoms with Crippen LogP contribution in [0.25, 0.3) is 0 Å². The number of hydrogen-bond acceptors (Lipinski definition) is 1. The summed E-state index contributed by atoms with van der Waals surface area (Å²) in [7, 11) is 0. The molecule has 0 saturated carbocycles. The monoisotopic (exact) mass is 241 g/mol. The van der Waals surface area contributed by atoms with E-state index in [2.05, 4.69) is 6.92 Å². The number of halogens is 2. The Hall–Kier alpha value is -0.960. The van der Waals surface area contributed by atoms with Gasteiger partial charge in [0.1, 0.15) is 0 Å². The third kappa shape index (κ3) is 3.50. The molecular weight excluding hydrogens is 220 g/mol. The second kappa shape index (κ2) is 5.58. The second-order valence-electron chi connectivity index (χ2n) is 5.02. The maximum Gasteiger partial charge on any atom is 0.275 e. The molecule has 96 valence electrons. The molecule has 0 spiro atoms. The molecule has 0 heterocycles. The number of benzene rings is 1. The summed E-state index contributed by atoms with van der Waals surface area (Å²) in [6.07, 6.45) is 0.837. The predicted octanol–water partition coefficient (Wildman–Crippen LogP) is 3.57. The van der Waals surface area contributed by atoms with E-state index in [1.807, 2.05) is 0 Å². The van der Waals surface area contributed by atoms with Gasteiger partial charge in [0.2, 0.25) is 0 Å². The molecule has 0 aliphatic rings. The summed E-state index contributed by atoms with van der Waals surface area (Å²) in [6, 6.07) is 6.60. The first-order chi connectivity index (χ1) is 7.87. The van der Waals surface area contributed by atoms with Gasteiger partial charge in [-0.2, -0.15) is 0 Å². The molecule has 1 atom stereocenters. The van der Waals surface area contributed by atoms with E-state index in [1.165, 1.54) is 26.0 Å². The average molecular weight is 241 g/mol. The number of nitrogens with two attached hydrogens (primary N) is 1. The molecule has 1 aromatic rings. The predicted molar refractivity (Wildman–Crippen MR) is 67.1 cm³/mol. The Labute approximate surface area is 102 Å². The van der Waals surface area contributed by atoms with Gasteiger partial charge in [-0.3, -0.25) is 0 Å². The van der Waals surface area contributed by atoms with E-state index in [0.29, 0.717) is 12.5 Å². The maximum atomic E-state index is 13.7. The van der Waals surface area contributed by atoms with Crippen LogP contribution in [0.1, 0.15) is 31.9 Å². The van der Waals surface area contributed by atoms with Crippen molar-refractivity contribution >= 4 is 0 Å². The summed E-state index contributed by atoms with van der Waals surface area (Å²) in [5.41, 5.74) is 6.69. The summed E-state index contributed by atoms with van der Waals surface area (Å²) in [6.45, 7) is 5.73. The van der Waals surface area contributed by atoms with E-state index in [4.69, 9.17) is 5.73 Å². The van der Waals surface area contributed by atoms with E-state index in [1.54, 1.807) is 12.1 Å². The Balaban J connectivity index is 2.81. The first-order valence-corrected chi connectivity index (χ1v) is 6.05. The Morgan fingerprint density at radius 1 is 1.12 bits per heavy atom. The SMILES string of the molecule is CC(CN)Cc1ccc(C(F)(F)C(C)C)cc1. The maximum absolute atomic E-state index is 13.7. The molecule has 0 fully saturated rings. The lowest BCUT2D eigenvalue weighted by molar-refractivity contribution is -0.0513. The Morgan fingerprint density at radius 2 is 1.65 bits per heavy atom. The fourth-order valence-electron chi connectivity index (χ4n) is 1.68. The van der Waals surface area contributed by atoms with Gasteiger partial charge in [-0.1, -0.05) is 45.0 Å². The highest BCUT2D eigenvalue weighted by Gasteiger charge is 2.35. The van der Waals surface area contributed by atoms with Crippen LogP contribution >= 0.6 is 0 Å². The van der Waals surface area contributed by atoms with Gasteiger partial charge in [-0.05, 0) is 24.4 Å². The van der Waals surface area contributed by atoms with E-state index >= 15 is 0 Å². The largest absolute Gasteiger partial charge is 0.330 e. The summed E-state index contributed by atoms with van der Waals surface area (Å²) in [4.78, 5) is 0. The lowest BCUT2D eigenvalue weighted by atomic mass is 9.95.